The Balaban J connectivity index is 1.51. The second-order valence-electron chi connectivity index (χ2n) is 7.50. The molecule has 1 fully saturated rings. The molecule has 160 valence electrons. The molecule has 1 aromatic carbocycles. The van der Waals surface area contributed by atoms with Crippen molar-refractivity contribution in [1.82, 2.24) is 25.2 Å². The molecule has 2 aromatic heterocycles. The number of nitrogens with zero attached hydrogens (tertiary/aromatic N) is 3. The van der Waals surface area contributed by atoms with E-state index in [1.165, 1.54) is 19.2 Å². The number of aryl methyl sites for hydroxylation is 1. The third kappa shape index (κ3) is 4.22. The monoisotopic (exact) mass is 425 g/mol. The molecule has 1 aliphatic rings. The average molecular weight is 425 g/mol. The zero-order valence-corrected chi connectivity index (χ0v) is 17.1. The van der Waals surface area contributed by atoms with Crippen molar-refractivity contribution in [1.29, 1.82) is 0 Å². The number of hydrogen-bond donors (Lipinski definition) is 2. The maximum absolute atomic E-state index is 14.9. The molecule has 4 rings (SSSR count). The maximum atomic E-state index is 14.9. The van der Waals surface area contributed by atoms with Gasteiger partial charge < -0.3 is 10.3 Å². The normalized spacial score (nSPS) is 15.7. The van der Waals surface area contributed by atoms with Gasteiger partial charge in [-0.2, -0.15) is 4.39 Å². The summed E-state index contributed by atoms with van der Waals surface area (Å²) in [6.45, 7) is 3.17. The zero-order valence-electron chi connectivity index (χ0n) is 17.1. The van der Waals surface area contributed by atoms with Crippen LogP contribution in [0.25, 0.3) is 17.1 Å². The minimum atomic E-state index is -0.709. The van der Waals surface area contributed by atoms with Crippen molar-refractivity contribution >= 4 is 23.0 Å². The third-order valence-corrected chi connectivity index (χ3v) is 5.32. The van der Waals surface area contributed by atoms with Gasteiger partial charge in [0.15, 0.2) is 5.82 Å². The summed E-state index contributed by atoms with van der Waals surface area (Å²) < 4.78 is 29.2. The molecule has 2 N–H and O–H groups in total. The summed E-state index contributed by atoms with van der Waals surface area (Å²) in [6, 6.07) is 6.36. The van der Waals surface area contributed by atoms with Crippen molar-refractivity contribution in [3.05, 3.63) is 74.5 Å². The highest BCUT2D eigenvalue weighted by molar-refractivity contribution is 5.92. The summed E-state index contributed by atoms with van der Waals surface area (Å²) in [5.74, 6) is -1.65. The number of pyridine rings is 1. The molecule has 0 aliphatic carbocycles. The van der Waals surface area contributed by atoms with E-state index in [-0.39, 0.29) is 11.2 Å². The molecule has 1 aliphatic heterocycles. The van der Waals surface area contributed by atoms with E-state index in [9.17, 15) is 18.4 Å². The number of hydrogen-bond acceptors (Lipinski definition) is 5. The molecule has 0 spiro atoms. The number of amides is 1. The topological polar surface area (TPSA) is 91.0 Å². The van der Waals surface area contributed by atoms with E-state index in [1.807, 2.05) is 4.90 Å². The van der Waals surface area contributed by atoms with E-state index in [2.05, 4.69) is 20.3 Å². The van der Waals surface area contributed by atoms with Crippen molar-refractivity contribution in [3.8, 4) is 0 Å². The molecular formula is C22H21F2N5O2. The van der Waals surface area contributed by atoms with Crippen LogP contribution in [0.5, 0.6) is 0 Å². The van der Waals surface area contributed by atoms with Gasteiger partial charge in [-0.05, 0) is 37.6 Å². The summed E-state index contributed by atoms with van der Waals surface area (Å²) in [5.41, 5.74) is 2.16. The highest BCUT2D eigenvalue weighted by Crippen LogP contribution is 2.24. The Morgan fingerprint density at radius 3 is 2.81 bits per heavy atom. The Bertz CT molecular complexity index is 1270. The van der Waals surface area contributed by atoms with Crippen molar-refractivity contribution in [3.63, 3.8) is 0 Å². The fourth-order valence-corrected chi connectivity index (χ4v) is 3.65. The number of nitrogens with one attached hydrogen (secondary N) is 2. The number of carbonyl (C=O) groups excluding carboxylic acids is 1. The van der Waals surface area contributed by atoms with Gasteiger partial charge in [-0.25, -0.2) is 14.4 Å². The van der Waals surface area contributed by atoms with Crippen molar-refractivity contribution in [2.24, 2.45) is 0 Å². The molecule has 3 heterocycles. The summed E-state index contributed by atoms with van der Waals surface area (Å²) in [7, 11) is 1.46. The molecule has 1 saturated heterocycles. The lowest BCUT2D eigenvalue weighted by atomic mass is 10.1. The van der Waals surface area contributed by atoms with Crippen molar-refractivity contribution < 1.29 is 13.6 Å². The van der Waals surface area contributed by atoms with Crippen LogP contribution >= 0.6 is 0 Å². The summed E-state index contributed by atoms with van der Waals surface area (Å²) in [5, 5.41) is 2.41. The molecule has 3 aromatic rings. The van der Waals surface area contributed by atoms with Crippen LogP contribution in [0.2, 0.25) is 0 Å². The van der Waals surface area contributed by atoms with E-state index < -0.39 is 23.2 Å². The molecule has 1 amide bonds. The smallest absolute Gasteiger partial charge is 0.269 e. The lowest BCUT2D eigenvalue weighted by Crippen LogP contribution is -2.20. The van der Waals surface area contributed by atoms with Gasteiger partial charge in [-0.15, -0.1) is 0 Å². The summed E-state index contributed by atoms with van der Waals surface area (Å²) in [4.78, 5) is 35.8. The quantitative estimate of drug-likeness (QED) is 0.627. The fraction of sp³-hybridized carbons (Fsp3) is 0.273. The Morgan fingerprint density at radius 2 is 2.06 bits per heavy atom. The van der Waals surface area contributed by atoms with Crippen molar-refractivity contribution in [2.45, 2.75) is 19.9 Å². The first kappa shape index (κ1) is 20.8. The van der Waals surface area contributed by atoms with E-state index in [1.54, 1.807) is 25.1 Å². The predicted molar refractivity (Wildman–Crippen MR) is 113 cm³/mol. The largest absolute Gasteiger partial charge is 0.354 e. The van der Waals surface area contributed by atoms with Crippen LogP contribution in [-0.2, 0) is 6.54 Å². The number of carbonyl (C=O) groups is 1. The van der Waals surface area contributed by atoms with Crippen LogP contribution in [0.15, 0.2) is 34.6 Å². The van der Waals surface area contributed by atoms with Crippen molar-refractivity contribution in [2.75, 3.05) is 20.1 Å². The standard InChI is InChI=1S/C22H21F2N5O2/c1-12-21(30)28-19-16(26-12)5-4-15(18(19)23)11-29-8-7-13(10-29)9-14-3-6-17(22(31)25-2)27-20(14)24/h3-6,9H,7-8,10-11H2,1-2H3,(H,25,31)(H,28,30)/b13-9-. The van der Waals surface area contributed by atoms with Gasteiger partial charge in [-0.3, -0.25) is 14.5 Å². The fourth-order valence-electron chi connectivity index (χ4n) is 3.65. The Morgan fingerprint density at radius 1 is 1.26 bits per heavy atom. The summed E-state index contributed by atoms with van der Waals surface area (Å²) in [6.07, 6.45) is 2.43. The molecule has 0 radical (unpaired) electrons. The average Bonchev–Trinajstić information content (AvgIpc) is 3.19. The van der Waals surface area contributed by atoms with Crippen LogP contribution < -0.4 is 10.9 Å². The minimum Gasteiger partial charge on any atom is -0.354 e. The highest BCUT2D eigenvalue weighted by Gasteiger charge is 2.20. The third-order valence-electron chi connectivity index (χ3n) is 5.32. The van der Waals surface area contributed by atoms with Crippen LogP contribution in [0, 0.1) is 18.7 Å². The number of aromatic amines is 1. The van der Waals surface area contributed by atoms with Gasteiger partial charge in [-0.1, -0.05) is 11.6 Å². The number of likely N-dealkylation sites (tertiary alicyclic amines) is 1. The maximum Gasteiger partial charge on any atom is 0.269 e. The number of H-pyrrole nitrogens is 1. The molecule has 0 atom stereocenters. The number of halogens is 2. The minimum absolute atomic E-state index is 0.0182. The first-order valence-corrected chi connectivity index (χ1v) is 9.84. The first-order valence-electron chi connectivity index (χ1n) is 9.84. The molecular weight excluding hydrogens is 404 g/mol. The Hall–Kier alpha value is -3.46. The lowest BCUT2D eigenvalue weighted by Gasteiger charge is -2.15. The number of rotatable bonds is 4. The number of aromatic nitrogens is 3. The van der Waals surface area contributed by atoms with Gasteiger partial charge >= 0.3 is 0 Å². The Kier molecular flexibility index (Phi) is 5.60. The van der Waals surface area contributed by atoms with Crippen LogP contribution in [-0.4, -0.2) is 45.9 Å². The lowest BCUT2D eigenvalue weighted by molar-refractivity contribution is 0.0957. The van der Waals surface area contributed by atoms with Gasteiger partial charge in [0.1, 0.15) is 16.9 Å². The molecule has 0 unspecified atom stereocenters. The summed E-state index contributed by atoms with van der Waals surface area (Å²) >= 11 is 0. The van der Waals surface area contributed by atoms with Gasteiger partial charge in [0, 0.05) is 37.8 Å². The van der Waals surface area contributed by atoms with E-state index in [4.69, 9.17) is 0 Å². The predicted octanol–water partition coefficient (Wildman–Crippen LogP) is 2.55. The second kappa shape index (κ2) is 8.35. The molecule has 31 heavy (non-hydrogen) atoms. The van der Waals surface area contributed by atoms with Gasteiger partial charge in [0.25, 0.3) is 11.5 Å². The van der Waals surface area contributed by atoms with Crippen LogP contribution in [0.4, 0.5) is 8.78 Å². The molecule has 0 bridgehead atoms. The van der Waals surface area contributed by atoms with Crippen LogP contribution in [0.1, 0.15) is 33.7 Å². The van der Waals surface area contributed by atoms with Crippen LogP contribution in [0.3, 0.4) is 0 Å². The number of fused-ring (bicyclic) bond motifs is 1. The second-order valence-corrected chi connectivity index (χ2v) is 7.50. The molecule has 7 nitrogen and oxygen atoms in total. The van der Waals surface area contributed by atoms with Gasteiger partial charge in [0.05, 0.1) is 5.52 Å². The Labute approximate surface area is 176 Å². The number of benzene rings is 1. The first-order chi connectivity index (χ1) is 14.9. The van der Waals surface area contributed by atoms with E-state index in [0.717, 1.165) is 5.57 Å². The molecule has 9 heteroatoms. The van der Waals surface area contributed by atoms with E-state index >= 15 is 0 Å². The SMILES string of the molecule is CNC(=O)c1ccc(/C=C2/CCN(Cc3ccc4nc(C)c(=O)[nH]c4c3F)C2)c(F)n1. The molecule has 0 saturated carbocycles. The highest BCUT2D eigenvalue weighted by atomic mass is 19.1. The van der Waals surface area contributed by atoms with E-state index in [0.29, 0.717) is 48.4 Å². The van der Waals surface area contributed by atoms with Gasteiger partial charge in [0.2, 0.25) is 5.95 Å². The zero-order chi connectivity index (χ0) is 22.1.